The van der Waals surface area contributed by atoms with Gasteiger partial charge in [0.25, 0.3) is 0 Å². The molecule has 0 aromatic carbocycles. The maximum atomic E-state index is 8.52. The van der Waals surface area contributed by atoms with E-state index in [0.717, 1.165) is 12.8 Å². The summed E-state index contributed by atoms with van der Waals surface area (Å²) in [7, 11) is -5.17. The second-order valence-corrected chi connectivity index (χ2v) is 2.94. The Labute approximate surface area is 140 Å². The average Bonchev–Trinajstić information content (AvgIpc) is 2.01. The third kappa shape index (κ3) is 57.1. The largest absolute Gasteiger partial charge is 1.00 e. The first-order valence-corrected chi connectivity index (χ1v) is 5.32. The molecule has 7 nitrogen and oxygen atoms in total. The Morgan fingerprint density at radius 2 is 1.19 bits per heavy atom. The minimum Gasteiger partial charge on any atom is -0.759 e. The van der Waals surface area contributed by atoms with Gasteiger partial charge in [-0.1, -0.05) is 18.9 Å². The Balaban J connectivity index is -0.0000000904. The van der Waals surface area contributed by atoms with Gasteiger partial charge in [0.15, 0.2) is 0 Å². The van der Waals surface area contributed by atoms with Crippen LogP contribution in [0.25, 0.3) is 0 Å². The first-order valence-electron chi connectivity index (χ1n) is 3.99. The SMILES string of the molecule is CCCOOOCCC.O=S(=O)([O-])[O-].[Na+].[Na+]. The molecule has 0 bridgehead atoms. The van der Waals surface area contributed by atoms with Gasteiger partial charge in [-0.15, -0.1) is 0 Å². The van der Waals surface area contributed by atoms with Crippen molar-refractivity contribution in [3.63, 3.8) is 0 Å². The maximum absolute atomic E-state index is 8.52. The van der Waals surface area contributed by atoms with Gasteiger partial charge >= 0.3 is 59.1 Å². The van der Waals surface area contributed by atoms with Crippen LogP contribution in [0.5, 0.6) is 0 Å². The molecule has 0 rings (SSSR count). The zero-order valence-electron chi connectivity index (χ0n) is 10.1. The molecule has 0 spiro atoms. The number of hydrogen-bond acceptors (Lipinski definition) is 7. The summed E-state index contributed by atoms with van der Waals surface area (Å²) in [5.41, 5.74) is 0. The van der Waals surface area contributed by atoms with Gasteiger partial charge in [-0.05, 0) is 12.8 Å². The summed E-state index contributed by atoms with van der Waals surface area (Å²) in [5, 5.41) is 4.31. The van der Waals surface area contributed by atoms with E-state index < -0.39 is 10.4 Å². The smallest absolute Gasteiger partial charge is 0.759 e. The molecular weight excluding hydrogens is 262 g/mol. The van der Waals surface area contributed by atoms with E-state index in [9.17, 15) is 0 Å². The fourth-order valence-corrected chi connectivity index (χ4v) is 0.269. The van der Waals surface area contributed by atoms with Crippen LogP contribution in [0.15, 0.2) is 0 Å². The van der Waals surface area contributed by atoms with Gasteiger partial charge in [0, 0.05) is 10.4 Å². The molecule has 0 fully saturated rings. The van der Waals surface area contributed by atoms with E-state index in [0.29, 0.717) is 13.2 Å². The van der Waals surface area contributed by atoms with Crippen LogP contribution in [-0.4, -0.2) is 30.7 Å². The van der Waals surface area contributed by atoms with Crippen molar-refractivity contribution < 1.29 is 91.5 Å². The molecule has 0 N–H and O–H groups in total. The molecule has 0 aliphatic rings. The molecule has 10 heteroatoms. The van der Waals surface area contributed by atoms with Crippen LogP contribution in [0.2, 0.25) is 0 Å². The van der Waals surface area contributed by atoms with Crippen LogP contribution in [0.3, 0.4) is 0 Å². The van der Waals surface area contributed by atoms with Crippen molar-refractivity contribution in [3.8, 4) is 0 Å². The second kappa shape index (κ2) is 19.1. The Hall–Kier alpha value is 1.75. The predicted molar refractivity (Wildman–Crippen MR) is 44.0 cm³/mol. The molecule has 0 heterocycles. The van der Waals surface area contributed by atoms with E-state index >= 15 is 0 Å². The van der Waals surface area contributed by atoms with Gasteiger partial charge < -0.3 is 9.11 Å². The van der Waals surface area contributed by atoms with Crippen molar-refractivity contribution in [2.75, 3.05) is 13.2 Å². The molecule has 88 valence electrons. The van der Waals surface area contributed by atoms with Crippen molar-refractivity contribution >= 4 is 10.4 Å². The molecule has 0 saturated carbocycles. The Morgan fingerprint density at radius 3 is 1.38 bits per heavy atom. The molecule has 0 atom stereocenters. The maximum Gasteiger partial charge on any atom is 1.00 e. The van der Waals surface area contributed by atoms with Gasteiger partial charge in [-0.3, -0.25) is 8.42 Å². The van der Waals surface area contributed by atoms with Crippen molar-refractivity contribution in [1.82, 2.24) is 0 Å². The van der Waals surface area contributed by atoms with Crippen molar-refractivity contribution in [1.29, 1.82) is 0 Å². The number of hydrogen-bond donors (Lipinski definition) is 0. The van der Waals surface area contributed by atoms with Gasteiger partial charge in [-0.2, -0.15) is 0 Å². The summed E-state index contributed by atoms with van der Waals surface area (Å²) < 4.78 is 34.1. The van der Waals surface area contributed by atoms with Gasteiger partial charge in [-0.25, -0.2) is 9.78 Å². The van der Waals surface area contributed by atoms with E-state index in [1.54, 1.807) is 0 Å². The Kier molecular flexibility index (Phi) is 31.4. The van der Waals surface area contributed by atoms with Crippen molar-refractivity contribution in [3.05, 3.63) is 0 Å². The fourth-order valence-electron chi connectivity index (χ4n) is 0.269. The van der Waals surface area contributed by atoms with E-state index in [-0.39, 0.29) is 59.1 Å². The van der Waals surface area contributed by atoms with Gasteiger partial charge in [0.2, 0.25) is 0 Å². The van der Waals surface area contributed by atoms with E-state index in [1.165, 1.54) is 0 Å². The Bertz CT molecular complexity index is 183. The van der Waals surface area contributed by atoms with E-state index in [1.807, 2.05) is 13.8 Å². The van der Waals surface area contributed by atoms with Crippen molar-refractivity contribution in [2.45, 2.75) is 26.7 Å². The van der Waals surface area contributed by atoms with Gasteiger partial charge in [0.1, 0.15) is 0 Å². The fraction of sp³-hybridized carbons (Fsp3) is 1.00. The summed E-state index contributed by atoms with van der Waals surface area (Å²) in [4.78, 5) is 9.13. The monoisotopic (exact) mass is 276 g/mol. The van der Waals surface area contributed by atoms with Gasteiger partial charge in [0.05, 0.1) is 13.2 Å². The summed E-state index contributed by atoms with van der Waals surface area (Å²) in [6.07, 6.45) is 1.88. The topological polar surface area (TPSA) is 108 Å². The first-order chi connectivity index (χ1) is 6.41. The average molecular weight is 276 g/mol. The normalized spacial score (nSPS) is 9.25. The number of rotatable bonds is 6. The molecule has 0 aromatic heterocycles. The summed E-state index contributed by atoms with van der Waals surface area (Å²) in [6, 6.07) is 0. The standard InChI is InChI=1S/C6H14O3.2Na.H2O4S/c1-3-5-7-9-8-6-4-2;;;1-5(2,3)4/h3-6H2,1-2H3;;;(H2,1,2,3,4)/q;2*+1;/p-2. The molecular formula is C6H14Na2O7S. The third-order valence-corrected chi connectivity index (χ3v) is 0.671. The van der Waals surface area contributed by atoms with Crippen LogP contribution in [0, 0.1) is 0 Å². The Morgan fingerprint density at radius 1 is 0.938 bits per heavy atom. The molecule has 0 saturated heterocycles. The van der Waals surface area contributed by atoms with Crippen molar-refractivity contribution in [2.24, 2.45) is 0 Å². The summed E-state index contributed by atoms with van der Waals surface area (Å²) in [5.74, 6) is 0. The quantitative estimate of drug-likeness (QED) is 0.119. The summed E-state index contributed by atoms with van der Waals surface area (Å²) >= 11 is 0. The zero-order valence-corrected chi connectivity index (χ0v) is 14.9. The molecule has 0 aromatic rings. The molecule has 0 aliphatic heterocycles. The molecule has 0 aliphatic carbocycles. The van der Waals surface area contributed by atoms with E-state index in [2.05, 4.69) is 14.8 Å². The minimum absolute atomic E-state index is 0. The van der Waals surface area contributed by atoms with Crippen LogP contribution in [-0.2, 0) is 25.2 Å². The van der Waals surface area contributed by atoms with Crippen LogP contribution < -0.4 is 59.1 Å². The molecule has 16 heavy (non-hydrogen) atoms. The zero-order chi connectivity index (χ0) is 11.4. The second-order valence-electron chi connectivity index (χ2n) is 2.12. The predicted octanol–water partition coefficient (Wildman–Crippen LogP) is -5.64. The molecule has 0 amide bonds. The molecule has 0 unspecified atom stereocenters. The molecule has 0 radical (unpaired) electrons. The third-order valence-electron chi connectivity index (χ3n) is 0.671. The van der Waals surface area contributed by atoms with E-state index in [4.69, 9.17) is 17.5 Å². The van der Waals surface area contributed by atoms with Crippen LogP contribution in [0.1, 0.15) is 26.7 Å². The minimum atomic E-state index is -5.17. The van der Waals surface area contributed by atoms with Crippen LogP contribution >= 0.6 is 0 Å². The first kappa shape index (κ1) is 26.3. The summed E-state index contributed by atoms with van der Waals surface area (Å²) in [6.45, 7) is 5.18. The van der Waals surface area contributed by atoms with Crippen LogP contribution in [0.4, 0.5) is 0 Å².